The topological polar surface area (TPSA) is 61.7 Å². The molecule has 2 N–H and O–H groups in total. The number of hydrogen-bond donors (Lipinski definition) is 2. The first-order chi connectivity index (χ1) is 14.7. The largest absolute Gasteiger partial charge is 0.507 e. The van der Waals surface area contributed by atoms with Gasteiger partial charge >= 0.3 is 0 Å². The maximum absolute atomic E-state index is 14.4. The van der Waals surface area contributed by atoms with Gasteiger partial charge in [-0.05, 0) is 49.2 Å². The minimum absolute atomic E-state index is 0.00657. The first-order valence-corrected chi connectivity index (χ1v) is 12.2. The van der Waals surface area contributed by atoms with E-state index in [9.17, 15) is 9.67 Å². The van der Waals surface area contributed by atoms with Crippen molar-refractivity contribution in [3.8, 4) is 5.75 Å². The maximum atomic E-state index is 14.4. The van der Waals surface area contributed by atoms with Crippen LogP contribution in [0.15, 0.2) is 89.9 Å². The lowest BCUT2D eigenvalue weighted by atomic mass is 9.91. The van der Waals surface area contributed by atoms with E-state index < -0.39 is 7.29 Å². The molecular weight excluding hydrogens is 391 g/mol. The summed E-state index contributed by atoms with van der Waals surface area (Å²) in [6.07, 6.45) is 5.79. The van der Waals surface area contributed by atoms with Crippen LogP contribution in [-0.2, 0) is 4.57 Å². The average Bonchev–Trinajstić information content (AvgIpc) is 2.80. The lowest BCUT2D eigenvalue weighted by molar-refractivity contribution is 0.365. The van der Waals surface area contributed by atoms with Crippen molar-refractivity contribution in [1.82, 2.24) is 5.09 Å². The Morgan fingerprint density at radius 1 is 0.833 bits per heavy atom. The predicted octanol–water partition coefficient (Wildman–Crippen LogP) is 4.64. The van der Waals surface area contributed by atoms with Crippen molar-refractivity contribution in [2.45, 2.75) is 37.8 Å². The molecule has 4 nitrogen and oxygen atoms in total. The van der Waals surface area contributed by atoms with Crippen LogP contribution in [0, 0.1) is 0 Å². The fourth-order valence-electron chi connectivity index (χ4n) is 4.02. The molecule has 3 aromatic carbocycles. The Morgan fingerprint density at radius 3 is 2.03 bits per heavy atom. The second-order valence-corrected chi connectivity index (χ2v) is 10.2. The van der Waals surface area contributed by atoms with E-state index in [0.29, 0.717) is 5.56 Å². The summed E-state index contributed by atoms with van der Waals surface area (Å²) in [5.74, 6) is 0.223. The summed E-state index contributed by atoms with van der Waals surface area (Å²) in [7, 11) is -3.01. The molecule has 0 spiro atoms. The van der Waals surface area contributed by atoms with E-state index in [0.717, 1.165) is 36.3 Å². The van der Waals surface area contributed by atoms with E-state index in [4.69, 9.17) is 4.99 Å². The van der Waals surface area contributed by atoms with Crippen LogP contribution in [0.4, 0.5) is 0 Å². The van der Waals surface area contributed by atoms with Crippen LogP contribution in [0.3, 0.4) is 0 Å². The third-order valence-corrected chi connectivity index (χ3v) is 8.40. The van der Waals surface area contributed by atoms with Crippen LogP contribution in [0.1, 0.15) is 31.2 Å². The van der Waals surface area contributed by atoms with Gasteiger partial charge in [0.2, 0.25) is 7.29 Å². The van der Waals surface area contributed by atoms with Gasteiger partial charge in [0.05, 0.1) is 6.04 Å². The Morgan fingerprint density at radius 2 is 1.40 bits per heavy atom. The highest BCUT2D eigenvalue weighted by molar-refractivity contribution is 7.76. The summed E-state index contributed by atoms with van der Waals surface area (Å²) in [5, 5.41) is 15.2. The summed E-state index contributed by atoms with van der Waals surface area (Å²) >= 11 is 0. The van der Waals surface area contributed by atoms with E-state index in [1.807, 2.05) is 72.8 Å². The van der Waals surface area contributed by atoms with Gasteiger partial charge in [0.25, 0.3) is 0 Å². The predicted molar refractivity (Wildman–Crippen MR) is 125 cm³/mol. The Kier molecular flexibility index (Phi) is 6.47. The zero-order valence-electron chi connectivity index (χ0n) is 16.9. The third kappa shape index (κ3) is 4.56. The van der Waals surface area contributed by atoms with Crippen LogP contribution < -0.4 is 15.7 Å². The molecule has 0 unspecified atom stereocenters. The van der Waals surface area contributed by atoms with Crippen molar-refractivity contribution in [3.05, 3.63) is 90.5 Å². The molecule has 0 amide bonds. The molecule has 4 rings (SSSR count). The monoisotopic (exact) mass is 418 g/mol. The maximum Gasteiger partial charge on any atom is 0.204 e. The van der Waals surface area contributed by atoms with Gasteiger partial charge in [-0.15, -0.1) is 0 Å². The number of aliphatic imine (C=N–C) groups is 1. The zero-order valence-corrected chi connectivity index (χ0v) is 17.8. The van der Waals surface area contributed by atoms with E-state index in [1.165, 1.54) is 0 Å². The highest BCUT2D eigenvalue weighted by atomic mass is 31.2. The Hall–Kier alpha value is -2.68. The zero-order chi connectivity index (χ0) is 20.8. The van der Waals surface area contributed by atoms with Gasteiger partial charge in [0, 0.05) is 28.4 Å². The van der Waals surface area contributed by atoms with Crippen LogP contribution in [0.25, 0.3) is 0 Å². The van der Waals surface area contributed by atoms with Crippen LogP contribution in [-0.4, -0.2) is 23.4 Å². The van der Waals surface area contributed by atoms with Crippen molar-refractivity contribution < 1.29 is 9.67 Å². The number of aromatic hydroxyl groups is 1. The minimum Gasteiger partial charge on any atom is -0.507 e. The molecule has 1 fully saturated rings. The standard InChI is InChI=1S/C25H27N2O2P/c28-25-18-10-7-11-20(25)19-26-23-16-8-9-17-24(23)27-30(29,21-12-3-1-4-13-21)22-14-5-2-6-15-22/h1-7,10-15,18-19,23-24,28H,8-9,16-17H2,(H,27,29)/t23-,24-/m1/s1. The number of nitrogens with one attached hydrogen (secondary N) is 1. The van der Waals surface area contributed by atoms with E-state index >= 15 is 0 Å². The van der Waals surface area contributed by atoms with E-state index in [1.54, 1.807) is 18.3 Å². The second kappa shape index (κ2) is 9.42. The lowest BCUT2D eigenvalue weighted by Gasteiger charge is -2.33. The van der Waals surface area contributed by atoms with Gasteiger partial charge < -0.3 is 5.11 Å². The summed E-state index contributed by atoms with van der Waals surface area (Å²) in [6.45, 7) is 0. The van der Waals surface area contributed by atoms with Crippen molar-refractivity contribution in [2.24, 2.45) is 4.99 Å². The van der Waals surface area contributed by atoms with Crippen LogP contribution >= 0.6 is 7.29 Å². The Balaban J connectivity index is 1.64. The third-order valence-electron chi connectivity index (χ3n) is 5.66. The summed E-state index contributed by atoms with van der Waals surface area (Å²) in [4.78, 5) is 4.80. The Bertz CT molecular complexity index is 994. The van der Waals surface area contributed by atoms with Crippen LogP contribution in [0.5, 0.6) is 5.75 Å². The minimum atomic E-state index is -3.01. The SMILES string of the molecule is O=P(N[C@@H]1CCCC[C@H]1N=Cc1ccccc1O)(c1ccccc1)c1ccccc1. The highest BCUT2D eigenvalue weighted by Gasteiger charge is 2.34. The molecule has 1 aliphatic carbocycles. The molecule has 3 aromatic rings. The van der Waals surface area contributed by atoms with Crippen molar-refractivity contribution in [1.29, 1.82) is 0 Å². The molecule has 0 aromatic heterocycles. The number of hydrogen-bond acceptors (Lipinski definition) is 3. The average molecular weight is 418 g/mol. The fraction of sp³-hybridized carbons (Fsp3) is 0.240. The van der Waals surface area contributed by atoms with Gasteiger partial charge in [0.1, 0.15) is 5.75 Å². The first-order valence-electron chi connectivity index (χ1n) is 10.5. The first kappa shape index (κ1) is 20.6. The number of phenolic OH excluding ortho intramolecular Hbond substituents is 1. The highest BCUT2D eigenvalue weighted by Crippen LogP contribution is 2.41. The van der Waals surface area contributed by atoms with E-state index in [-0.39, 0.29) is 17.8 Å². The molecule has 0 radical (unpaired) electrons. The second-order valence-electron chi connectivity index (χ2n) is 7.70. The Labute approximate surface area is 178 Å². The number of para-hydroxylation sites is 1. The molecule has 0 bridgehead atoms. The van der Waals surface area contributed by atoms with Gasteiger partial charge in [0.15, 0.2) is 0 Å². The van der Waals surface area contributed by atoms with Gasteiger partial charge in [-0.25, -0.2) is 0 Å². The molecule has 0 heterocycles. The van der Waals surface area contributed by atoms with Crippen molar-refractivity contribution in [2.75, 3.05) is 0 Å². The number of benzene rings is 3. The normalized spacial score (nSPS) is 19.7. The quantitative estimate of drug-likeness (QED) is 0.453. The number of nitrogens with zero attached hydrogens (tertiary/aromatic N) is 1. The summed E-state index contributed by atoms with van der Waals surface area (Å²) in [5.41, 5.74) is 0.705. The van der Waals surface area contributed by atoms with Gasteiger partial charge in [-0.1, -0.05) is 61.4 Å². The smallest absolute Gasteiger partial charge is 0.204 e. The lowest BCUT2D eigenvalue weighted by Crippen LogP contribution is -2.43. The van der Waals surface area contributed by atoms with Gasteiger partial charge in [-0.2, -0.15) is 0 Å². The fourth-order valence-corrected chi connectivity index (χ4v) is 6.57. The molecular formula is C25H27N2O2P. The van der Waals surface area contributed by atoms with E-state index in [2.05, 4.69) is 5.09 Å². The summed E-state index contributed by atoms with van der Waals surface area (Å²) < 4.78 is 14.4. The number of rotatable bonds is 6. The number of phenols is 1. The molecule has 5 heteroatoms. The molecule has 2 atom stereocenters. The molecule has 1 aliphatic rings. The molecule has 30 heavy (non-hydrogen) atoms. The van der Waals surface area contributed by atoms with Gasteiger partial charge in [-0.3, -0.25) is 14.6 Å². The summed E-state index contributed by atoms with van der Waals surface area (Å²) in [6, 6.07) is 26.6. The molecule has 0 saturated heterocycles. The molecule has 0 aliphatic heterocycles. The van der Waals surface area contributed by atoms with Crippen molar-refractivity contribution in [3.63, 3.8) is 0 Å². The molecule has 1 saturated carbocycles. The molecule has 154 valence electrons. The van der Waals surface area contributed by atoms with Crippen LogP contribution in [0.2, 0.25) is 0 Å². The van der Waals surface area contributed by atoms with Crippen molar-refractivity contribution >= 4 is 24.1 Å².